The molecule has 4 aliphatic rings. The molecule has 0 unspecified atom stereocenters. The number of hydrogen-bond acceptors (Lipinski definition) is 7. The Labute approximate surface area is 313 Å². The fraction of sp³-hybridized carbons (Fsp3) is 0.548. The van der Waals surface area contributed by atoms with Gasteiger partial charge in [-0.2, -0.15) is 5.06 Å². The number of fused-ring (bicyclic) bond motifs is 2. The fourth-order valence-corrected chi connectivity index (χ4v) is 9.56. The summed E-state index contributed by atoms with van der Waals surface area (Å²) in [6, 6.07) is 22.4. The van der Waals surface area contributed by atoms with Gasteiger partial charge in [0.1, 0.15) is 18.0 Å². The average molecular weight is 735 g/mol. The molecule has 3 aromatic carbocycles. The standard InChI is InChI=1S/C42H56ClFN4O4/c1-26-33-19-31(42(33,3)4)20-36(26)45-41(51)40-39(27(2)50)38(25-49)52-48(40)22-29-13-10-12-28(18-29)21-47(23-32-34(43)16-11-17-35(32)44)37(24-46(5)6)30-14-8-7-9-15-30/h7-18,26-27,31,33,36-40,49-50H,19-25H2,1-6H3,(H,45,51)/t26-,27-,31-,33+,36-,37+,38-,39+,40-/m0/s1. The van der Waals surface area contributed by atoms with E-state index in [1.54, 1.807) is 24.1 Å². The van der Waals surface area contributed by atoms with Crippen molar-refractivity contribution in [1.29, 1.82) is 0 Å². The normalized spacial score (nSPS) is 28.1. The lowest BCUT2D eigenvalue weighted by atomic mass is 9.45. The molecule has 3 saturated carbocycles. The maximum atomic E-state index is 15.2. The van der Waals surface area contributed by atoms with E-state index in [0.29, 0.717) is 53.4 Å². The first-order chi connectivity index (χ1) is 24.8. The monoisotopic (exact) mass is 734 g/mol. The van der Waals surface area contributed by atoms with Crippen LogP contribution in [0, 0.1) is 34.9 Å². The molecule has 0 radical (unpaired) electrons. The lowest BCUT2D eigenvalue weighted by Gasteiger charge is -2.62. The molecule has 1 heterocycles. The third kappa shape index (κ3) is 8.11. The van der Waals surface area contributed by atoms with Crippen molar-refractivity contribution >= 4 is 17.5 Å². The molecule has 1 saturated heterocycles. The summed E-state index contributed by atoms with van der Waals surface area (Å²) >= 11 is 6.58. The van der Waals surface area contributed by atoms with Gasteiger partial charge >= 0.3 is 0 Å². The summed E-state index contributed by atoms with van der Waals surface area (Å²) in [5, 5.41) is 26.6. The van der Waals surface area contributed by atoms with Crippen molar-refractivity contribution in [2.24, 2.45) is 29.1 Å². The molecule has 2 bridgehead atoms. The number of aliphatic hydroxyl groups excluding tert-OH is 2. The predicted molar refractivity (Wildman–Crippen MR) is 202 cm³/mol. The third-order valence-electron chi connectivity index (χ3n) is 12.4. The smallest absolute Gasteiger partial charge is 0.240 e. The molecule has 52 heavy (non-hydrogen) atoms. The number of rotatable bonds is 14. The Bertz CT molecular complexity index is 1650. The van der Waals surface area contributed by atoms with E-state index in [1.165, 1.54) is 12.5 Å². The van der Waals surface area contributed by atoms with Crippen molar-refractivity contribution < 1.29 is 24.2 Å². The van der Waals surface area contributed by atoms with Gasteiger partial charge in [-0.15, -0.1) is 0 Å². The van der Waals surface area contributed by atoms with Crippen molar-refractivity contribution in [2.45, 2.75) is 90.5 Å². The summed E-state index contributed by atoms with van der Waals surface area (Å²) in [5.74, 6) is 0.398. The SMILES string of the molecule is C[C@@H]1[C@@H](NC(=O)[C@@H]2[C@H]([C@H](C)O)[C@H](CO)ON2Cc2cccc(CN(Cc3c(F)cccc3Cl)[C@H](CN(C)C)c3ccccc3)c2)C[C@@H]2C[C@H]1C2(C)C. The van der Waals surface area contributed by atoms with E-state index in [4.69, 9.17) is 16.4 Å². The number of nitrogens with zero attached hydrogens (tertiary/aromatic N) is 3. The third-order valence-corrected chi connectivity index (χ3v) is 12.7. The summed E-state index contributed by atoms with van der Waals surface area (Å²) < 4.78 is 15.2. The molecule has 282 valence electrons. The van der Waals surface area contributed by atoms with E-state index in [1.807, 2.05) is 44.4 Å². The van der Waals surface area contributed by atoms with Crippen LogP contribution in [0.25, 0.3) is 0 Å². The van der Waals surface area contributed by atoms with Crippen LogP contribution in [0.3, 0.4) is 0 Å². The van der Waals surface area contributed by atoms with E-state index in [2.05, 4.69) is 60.2 Å². The lowest BCUT2D eigenvalue weighted by Crippen LogP contribution is -2.62. The highest BCUT2D eigenvalue weighted by Crippen LogP contribution is 2.61. The number of hydrogen-bond donors (Lipinski definition) is 3. The number of halogens is 2. The maximum absolute atomic E-state index is 15.2. The molecule has 1 amide bonds. The Kier molecular flexibility index (Phi) is 12.1. The molecule has 3 aliphatic carbocycles. The highest BCUT2D eigenvalue weighted by Gasteiger charge is 2.57. The molecule has 0 spiro atoms. The summed E-state index contributed by atoms with van der Waals surface area (Å²) in [7, 11) is 4.07. The number of benzene rings is 3. The van der Waals surface area contributed by atoms with E-state index in [-0.39, 0.29) is 37.0 Å². The van der Waals surface area contributed by atoms with E-state index >= 15 is 4.39 Å². The Morgan fingerprint density at radius 3 is 2.40 bits per heavy atom. The second-order valence-electron chi connectivity index (χ2n) is 16.3. The first kappa shape index (κ1) is 38.8. The van der Waals surface area contributed by atoms with Crippen molar-refractivity contribution in [3.8, 4) is 0 Å². The highest BCUT2D eigenvalue weighted by molar-refractivity contribution is 6.31. The van der Waals surface area contributed by atoms with Crippen LogP contribution in [0.4, 0.5) is 4.39 Å². The molecule has 4 fully saturated rings. The number of carbonyl (C=O) groups excluding carboxylic acids is 1. The molecular formula is C42H56ClFN4O4. The summed E-state index contributed by atoms with van der Waals surface area (Å²) in [6.07, 6.45) is 0.575. The predicted octanol–water partition coefficient (Wildman–Crippen LogP) is 6.44. The van der Waals surface area contributed by atoms with Gasteiger partial charge in [0, 0.05) is 48.2 Å². The van der Waals surface area contributed by atoms with Crippen molar-refractivity contribution in [3.63, 3.8) is 0 Å². The van der Waals surface area contributed by atoms with Crippen molar-refractivity contribution in [1.82, 2.24) is 20.2 Å². The van der Waals surface area contributed by atoms with Gasteiger partial charge in [-0.25, -0.2) is 4.39 Å². The summed E-state index contributed by atoms with van der Waals surface area (Å²) in [6.45, 7) is 10.1. The van der Waals surface area contributed by atoms with Crippen LogP contribution in [0.2, 0.25) is 5.02 Å². The number of nitrogens with one attached hydrogen (secondary N) is 1. The van der Waals surface area contributed by atoms with E-state index in [9.17, 15) is 15.0 Å². The number of aliphatic hydroxyl groups is 2. The van der Waals surface area contributed by atoms with Gasteiger partial charge in [0.15, 0.2) is 0 Å². The zero-order chi connectivity index (χ0) is 37.3. The summed E-state index contributed by atoms with van der Waals surface area (Å²) in [5.41, 5.74) is 3.79. The van der Waals surface area contributed by atoms with Crippen LogP contribution in [0.5, 0.6) is 0 Å². The molecule has 0 aromatic heterocycles. The molecule has 3 N–H and O–H groups in total. The fourth-order valence-electron chi connectivity index (χ4n) is 9.34. The first-order valence-corrected chi connectivity index (χ1v) is 19.1. The van der Waals surface area contributed by atoms with Gasteiger partial charge in [0.2, 0.25) is 5.91 Å². The van der Waals surface area contributed by atoms with E-state index in [0.717, 1.165) is 23.1 Å². The molecule has 7 rings (SSSR count). The molecule has 10 heteroatoms. The Morgan fingerprint density at radius 1 is 1.06 bits per heavy atom. The Hall–Kier alpha value is -2.89. The van der Waals surface area contributed by atoms with Gasteiger partial charge in [0.05, 0.1) is 19.3 Å². The Balaban J connectivity index is 1.26. The minimum Gasteiger partial charge on any atom is -0.394 e. The van der Waals surface area contributed by atoms with Gasteiger partial charge in [-0.3, -0.25) is 14.5 Å². The van der Waals surface area contributed by atoms with Crippen LogP contribution < -0.4 is 5.32 Å². The average Bonchev–Trinajstić information content (AvgIpc) is 3.48. The molecule has 8 nitrogen and oxygen atoms in total. The number of carbonyl (C=O) groups is 1. The van der Waals surface area contributed by atoms with Crippen molar-refractivity contribution in [2.75, 3.05) is 27.2 Å². The van der Waals surface area contributed by atoms with E-state index < -0.39 is 24.2 Å². The lowest BCUT2D eigenvalue weighted by molar-refractivity contribution is -0.183. The minimum atomic E-state index is -0.870. The van der Waals surface area contributed by atoms with Gasteiger partial charge in [-0.05, 0) is 85.9 Å². The van der Waals surface area contributed by atoms with Crippen molar-refractivity contribution in [3.05, 3.63) is 106 Å². The molecular weight excluding hydrogens is 679 g/mol. The Morgan fingerprint density at radius 2 is 1.77 bits per heavy atom. The largest absolute Gasteiger partial charge is 0.394 e. The number of hydroxylamine groups is 2. The van der Waals surface area contributed by atoms with Gasteiger partial charge in [-0.1, -0.05) is 93.0 Å². The van der Waals surface area contributed by atoms with Crippen LogP contribution in [0.1, 0.15) is 68.8 Å². The minimum absolute atomic E-state index is 0.0611. The first-order valence-electron chi connectivity index (χ1n) is 18.8. The van der Waals surface area contributed by atoms with Crippen LogP contribution in [-0.2, 0) is 29.3 Å². The quantitative estimate of drug-likeness (QED) is 0.176. The highest BCUT2D eigenvalue weighted by atomic mass is 35.5. The second-order valence-corrected chi connectivity index (χ2v) is 16.8. The van der Waals surface area contributed by atoms with Gasteiger partial charge < -0.3 is 20.4 Å². The van der Waals surface area contributed by atoms with Crippen LogP contribution in [0.15, 0.2) is 72.8 Å². The number of likely N-dealkylation sites (N-methyl/N-ethyl adjacent to an activating group) is 1. The summed E-state index contributed by atoms with van der Waals surface area (Å²) in [4.78, 5) is 24.8. The molecule has 9 atom stereocenters. The van der Waals surface area contributed by atoms with Crippen LogP contribution in [-0.4, -0.2) is 82.5 Å². The zero-order valence-electron chi connectivity index (χ0n) is 31.4. The van der Waals surface area contributed by atoms with Crippen LogP contribution >= 0.6 is 11.6 Å². The molecule has 3 aromatic rings. The topological polar surface area (TPSA) is 88.5 Å². The maximum Gasteiger partial charge on any atom is 0.240 e. The number of amides is 1. The molecule has 1 aliphatic heterocycles. The second kappa shape index (κ2) is 16.2. The van der Waals surface area contributed by atoms with Gasteiger partial charge in [0.25, 0.3) is 0 Å². The zero-order valence-corrected chi connectivity index (χ0v) is 32.1.